The number of carbonyl (C=O) groups excluding carboxylic acids is 1. The van der Waals surface area contributed by atoms with E-state index in [0.29, 0.717) is 0 Å². The molecule has 0 saturated carbocycles. The summed E-state index contributed by atoms with van der Waals surface area (Å²) in [6.45, 7) is -0.117. The molecule has 0 aliphatic heterocycles. The lowest BCUT2D eigenvalue weighted by Gasteiger charge is -2.18. The van der Waals surface area contributed by atoms with Crippen molar-refractivity contribution >= 4 is 11.9 Å². The van der Waals surface area contributed by atoms with Crippen molar-refractivity contribution in [2.24, 2.45) is 0 Å². The van der Waals surface area contributed by atoms with Crippen LogP contribution in [0.5, 0.6) is 5.75 Å². The number of carboxylic acids is 1. The molecule has 0 aliphatic carbocycles. The van der Waals surface area contributed by atoms with E-state index < -0.39 is 24.0 Å². The van der Waals surface area contributed by atoms with Crippen molar-refractivity contribution in [2.45, 2.75) is 12.8 Å². The monoisotopic (exact) mass is 291 g/mol. The highest BCUT2D eigenvalue weighted by molar-refractivity contribution is 5.96. The van der Waals surface area contributed by atoms with Gasteiger partial charge in [-0.3, -0.25) is 9.59 Å². The second kappa shape index (κ2) is 6.27. The number of alkyl halides is 3. The smallest absolute Gasteiger partial charge is 0.481 e. The van der Waals surface area contributed by atoms with E-state index in [1.54, 1.807) is 0 Å². The van der Waals surface area contributed by atoms with E-state index in [0.717, 1.165) is 11.0 Å². The molecule has 0 aliphatic rings. The number of carbonyl (C=O) groups is 2. The molecule has 0 aromatic heterocycles. The lowest BCUT2D eigenvalue weighted by molar-refractivity contribution is -0.274. The molecular formula is C12H12F3NO4. The summed E-state index contributed by atoms with van der Waals surface area (Å²) in [5.74, 6) is -2.47. The van der Waals surface area contributed by atoms with E-state index >= 15 is 0 Å². The van der Waals surface area contributed by atoms with Crippen LogP contribution in [0.3, 0.4) is 0 Å². The van der Waals surface area contributed by atoms with Crippen LogP contribution in [0.2, 0.25) is 0 Å². The number of aliphatic carboxylic acids is 1. The van der Waals surface area contributed by atoms with Crippen molar-refractivity contribution in [3.05, 3.63) is 29.8 Å². The highest BCUT2D eigenvalue weighted by Gasteiger charge is 2.33. The number of para-hydroxylation sites is 1. The molecule has 1 N–H and O–H groups in total. The molecule has 1 aromatic rings. The Labute approximate surface area is 112 Å². The van der Waals surface area contributed by atoms with Gasteiger partial charge in [-0.2, -0.15) is 0 Å². The maximum Gasteiger partial charge on any atom is 0.573 e. The average Bonchev–Trinajstić information content (AvgIpc) is 2.33. The Kier molecular flexibility index (Phi) is 4.95. The van der Waals surface area contributed by atoms with Crippen LogP contribution in [0.25, 0.3) is 0 Å². The summed E-state index contributed by atoms with van der Waals surface area (Å²) in [5, 5.41) is 8.51. The number of benzene rings is 1. The zero-order valence-corrected chi connectivity index (χ0v) is 10.5. The molecule has 20 heavy (non-hydrogen) atoms. The van der Waals surface area contributed by atoms with Crippen LogP contribution in [-0.4, -0.2) is 41.8 Å². The number of halogens is 3. The van der Waals surface area contributed by atoms with Gasteiger partial charge in [-0.05, 0) is 12.1 Å². The standard InChI is InChI=1S/C12H12F3NO4/c1-16(7-6-10(17)18)11(19)8-4-2-3-5-9(8)20-12(13,14)15/h2-5H,6-7H2,1H3,(H,17,18). The summed E-state index contributed by atoms with van der Waals surface area (Å²) < 4.78 is 40.4. The Morgan fingerprint density at radius 2 is 1.90 bits per heavy atom. The van der Waals surface area contributed by atoms with Gasteiger partial charge in [0.25, 0.3) is 5.91 Å². The summed E-state index contributed by atoms with van der Waals surface area (Å²) in [6.07, 6.45) is -5.21. The first-order valence-corrected chi connectivity index (χ1v) is 5.53. The van der Waals surface area contributed by atoms with Crippen LogP contribution in [0, 0.1) is 0 Å². The van der Waals surface area contributed by atoms with Gasteiger partial charge in [0, 0.05) is 13.6 Å². The fourth-order valence-corrected chi connectivity index (χ4v) is 1.43. The first-order chi connectivity index (χ1) is 9.20. The Hall–Kier alpha value is -2.25. The van der Waals surface area contributed by atoms with E-state index in [2.05, 4.69) is 4.74 Å². The van der Waals surface area contributed by atoms with Gasteiger partial charge >= 0.3 is 12.3 Å². The van der Waals surface area contributed by atoms with Crippen molar-refractivity contribution in [3.63, 3.8) is 0 Å². The van der Waals surface area contributed by atoms with E-state index in [1.165, 1.54) is 25.2 Å². The zero-order valence-electron chi connectivity index (χ0n) is 10.5. The first kappa shape index (κ1) is 15.8. The van der Waals surface area contributed by atoms with Crippen molar-refractivity contribution in [1.29, 1.82) is 0 Å². The van der Waals surface area contributed by atoms with Crippen LogP contribution in [0.4, 0.5) is 13.2 Å². The van der Waals surface area contributed by atoms with Gasteiger partial charge in [0.05, 0.1) is 12.0 Å². The third kappa shape index (κ3) is 4.79. The molecule has 0 radical (unpaired) electrons. The van der Waals surface area contributed by atoms with Gasteiger partial charge in [0.15, 0.2) is 0 Å². The van der Waals surface area contributed by atoms with Crippen LogP contribution < -0.4 is 4.74 Å². The summed E-state index contributed by atoms with van der Waals surface area (Å²) in [6, 6.07) is 4.89. The third-order valence-corrected chi connectivity index (χ3v) is 2.35. The molecule has 0 fully saturated rings. The molecule has 1 amide bonds. The quantitative estimate of drug-likeness (QED) is 0.902. The van der Waals surface area contributed by atoms with E-state index in [1.807, 2.05) is 0 Å². The molecule has 0 heterocycles. The van der Waals surface area contributed by atoms with Crippen molar-refractivity contribution in [3.8, 4) is 5.75 Å². The molecule has 110 valence electrons. The van der Waals surface area contributed by atoms with Gasteiger partial charge in [-0.25, -0.2) is 0 Å². The first-order valence-electron chi connectivity index (χ1n) is 5.53. The lowest BCUT2D eigenvalue weighted by atomic mass is 10.1. The highest BCUT2D eigenvalue weighted by Crippen LogP contribution is 2.26. The zero-order chi connectivity index (χ0) is 15.3. The van der Waals surface area contributed by atoms with Crippen LogP contribution in [0.15, 0.2) is 24.3 Å². The predicted octanol–water partition coefficient (Wildman–Crippen LogP) is 2.13. The maximum atomic E-state index is 12.2. The van der Waals surface area contributed by atoms with E-state index in [-0.39, 0.29) is 18.5 Å². The minimum atomic E-state index is -4.91. The minimum Gasteiger partial charge on any atom is -0.481 e. The Morgan fingerprint density at radius 3 is 2.45 bits per heavy atom. The number of hydrogen-bond donors (Lipinski definition) is 1. The Balaban J connectivity index is 2.89. The molecule has 5 nitrogen and oxygen atoms in total. The van der Waals surface area contributed by atoms with E-state index in [4.69, 9.17) is 5.11 Å². The highest BCUT2D eigenvalue weighted by atomic mass is 19.4. The summed E-state index contributed by atoms with van der Waals surface area (Å²) in [5.41, 5.74) is -0.280. The topological polar surface area (TPSA) is 66.8 Å². The lowest BCUT2D eigenvalue weighted by Crippen LogP contribution is -2.30. The molecule has 1 rings (SSSR count). The molecule has 0 bridgehead atoms. The Morgan fingerprint density at radius 1 is 1.30 bits per heavy atom. The number of hydrogen-bond acceptors (Lipinski definition) is 3. The van der Waals surface area contributed by atoms with Crippen molar-refractivity contribution < 1.29 is 32.6 Å². The molecule has 0 atom stereocenters. The largest absolute Gasteiger partial charge is 0.573 e. The second-order valence-corrected chi connectivity index (χ2v) is 3.91. The van der Waals surface area contributed by atoms with Gasteiger partial charge in [-0.15, -0.1) is 13.2 Å². The maximum absolute atomic E-state index is 12.2. The van der Waals surface area contributed by atoms with Crippen LogP contribution in [-0.2, 0) is 4.79 Å². The summed E-state index contributed by atoms with van der Waals surface area (Å²) >= 11 is 0. The third-order valence-electron chi connectivity index (χ3n) is 2.35. The van der Waals surface area contributed by atoms with Gasteiger partial charge in [-0.1, -0.05) is 12.1 Å². The number of amides is 1. The number of carboxylic acid groups (broad SMARTS) is 1. The SMILES string of the molecule is CN(CCC(=O)O)C(=O)c1ccccc1OC(F)(F)F. The van der Waals surface area contributed by atoms with Crippen molar-refractivity contribution in [2.75, 3.05) is 13.6 Å². The van der Waals surface area contributed by atoms with Gasteiger partial charge in [0.2, 0.25) is 0 Å². The normalized spacial score (nSPS) is 11.0. The molecule has 0 spiro atoms. The second-order valence-electron chi connectivity index (χ2n) is 3.91. The number of ether oxygens (including phenoxy) is 1. The fourth-order valence-electron chi connectivity index (χ4n) is 1.43. The van der Waals surface area contributed by atoms with Crippen LogP contribution >= 0.6 is 0 Å². The van der Waals surface area contributed by atoms with Gasteiger partial charge in [0.1, 0.15) is 5.75 Å². The van der Waals surface area contributed by atoms with Gasteiger partial charge < -0.3 is 14.7 Å². The molecule has 0 unspecified atom stereocenters. The predicted molar refractivity (Wildman–Crippen MR) is 62.3 cm³/mol. The number of nitrogens with zero attached hydrogens (tertiary/aromatic N) is 1. The summed E-state index contributed by atoms with van der Waals surface area (Å²) in [4.78, 5) is 23.4. The number of rotatable bonds is 5. The average molecular weight is 291 g/mol. The summed E-state index contributed by atoms with van der Waals surface area (Å²) in [7, 11) is 1.30. The van der Waals surface area contributed by atoms with Crippen molar-refractivity contribution in [1.82, 2.24) is 4.90 Å². The molecule has 1 aromatic carbocycles. The molecule has 0 saturated heterocycles. The van der Waals surface area contributed by atoms with Crippen LogP contribution in [0.1, 0.15) is 16.8 Å². The molecular weight excluding hydrogens is 279 g/mol. The minimum absolute atomic E-state index is 0.117. The fraction of sp³-hybridized carbons (Fsp3) is 0.333. The van der Waals surface area contributed by atoms with E-state index in [9.17, 15) is 22.8 Å². The Bertz CT molecular complexity index is 502. The molecule has 8 heteroatoms.